The van der Waals surface area contributed by atoms with Crippen molar-refractivity contribution < 1.29 is 14.3 Å². The Morgan fingerprint density at radius 1 is 1.52 bits per heavy atom. The Balaban J connectivity index is 2.73. The van der Waals surface area contributed by atoms with Gasteiger partial charge in [0.1, 0.15) is 15.6 Å². The van der Waals surface area contributed by atoms with Gasteiger partial charge in [-0.2, -0.15) is 0 Å². The Morgan fingerprint density at radius 2 is 2.24 bits per heavy atom. The SMILES string of the molecule is COCc1cc(C)nc2sc(C(N)=O)c(NC(=O)CCl)c12. The Bertz CT molecular complexity index is 714. The number of aromatic nitrogens is 1. The van der Waals surface area contributed by atoms with Crippen LogP contribution in [0.1, 0.15) is 20.9 Å². The molecule has 6 nitrogen and oxygen atoms in total. The van der Waals surface area contributed by atoms with Crippen molar-refractivity contribution in [1.29, 1.82) is 0 Å². The zero-order valence-electron chi connectivity index (χ0n) is 11.5. The van der Waals surface area contributed by atoms with Gasteiger partial charge < -0.3 is 15.8 Å². The number of fused-ring (bicyclic) bond motifs is 1. The van der Waals surface area contributed by atoms with Crippen molar-refractivity contribution in [3.05, 3.63) is 22.2 Å². The number of methoxy groups -OCH3 is 1. The molecule has 0 saturated carbocycles. The number of primary amides is 1. The van der Waals surface area contributed by atoms with E-state index in [1.165, 1.54) is 0 Å². The van der Waals surface area contributed by atoms with E-state index in [9.17, 15) is 9.59 Å². The molecule has 0 aromatic carbocycles. The minimum atomic E-state index is -0.621. The van der Waals surface area contributed by atoms with Crippen molar-refractivity contribution in [1.82, 2.24) is 4.98 Å². The van der Waals surface area contributed by atoms with Crippen molar-refractivity contribution in [2.24, 2.45) is 5.73 Å². The predicted octanol–water partition coefficient (Wildman–Crippen LogP) is 2.03. The highest BCUT2D eigenvalue weighted by atomic mass is 35.5. The van der Waals surface area contributed by atoms with E-state index in [1.54, 1.807) is 7.11 Å². The van der Waals surface area contributed by atoms with E-state index in [0.29, 0.717) is 22.5 Å². The number of hydrogen-bond acceptors (Lipinski definition) is 5. The predicted molar refractivity (Wildman–Crippen MR) is 82.9 cm³/mol. The molecule has 21 heavy (non-hydrogen) atoms. The highest BCUT2D eigenvalue weighted by molar-refractivity contribution is 7.21. The van der Waals surface area contributed by atoms with Crippen LogP contribution in [0.5, 0.6) is 0 Å². The molecular formula is C13H14ClN3O3S. The lowest BCUT2D eigenvalue weighted by Gasteiger charge is -2.08. The number of rotatable bonds is 5. The Labute approximate surface area is 130 Å². The molecule has 0 aliphatic heterocycles. The summed E-state index contributed by atoms with van der Waals surface area (Å²) >= 11 is 6.65. The van der Waals surface area contributed by atoms with Gasteiger partial charge in [-0.1, -0.05) is 0 Å². The maximum absolute atomic E-state index is 11.6. The minimum Gasteiger partial charge on any atom is -0.380 e. The molecule has 0 radical (unpaired) electrons. The molecule has 3 N–H and O–H groups in total. The number of hydrogen-bond donors (Lipinski definition) is 2. The van der Waals surface area contributed by atoms with Crippen LogP contribution in [0.15, 0.2) is 6.07 Å². The Kier molecular flexibility index (Phi) is 4.76. The summed E-state index contributed by atoms with van der Waals surface area (Å²) in [5.41, 5.74) is 7.36. The lowest BCUT2D eigenvalue weighted by molar-refractivity contribution is -0.113. The van der Waals surface area contributed by atoms with Crippen LogP contribution < -0.4 is 11.1 Å². The third-order valence-corrected chi connectivity index (χ3v) is 4.12. The number of thiophene rings is 1. The van der Waals surface area contributed by atoms with Gasteiger partial charge >= 0.3 is 0 Å². The first-order valence-corrected chi connectivity index (χ1v) is 7.40. The van der Waals surface area contributed by atoms with Crippen LogP contribution in [0.3, 0.4) is 0 Å². The van der Waals surface area contributed by atoms with E-state index in [4.69, 9.17) is 22.1 Å². The molecule has 2 rings (SSSR count). The van der Waals surface area contributed by atoms with Gasteiger partial charge in [-0.25, -0.2) is 4.98 Å². The maximum atomic E-state index is 11.6. The molecule has 0 bridgehead atoms. The van der Waals surface area contributed by atoms with Crippen LogP contribution in [0.4, 0.5) is 5.69 Å². The third-order valence-electron chi connectivity index (χ3n) is 2.78. The van der Waals surface area contributed by atoms with E-state index in [-0.39, 0.29) is 10.8 Å². The zero-order chi connectivity index (χ0) is 15.6. The summed E-state index contributed by atoms with van der Waals surface area (Å²) in [6, 6.07) is 1.85. The standard InChI is InChI=1S/C13H14ClN3O3S/c1-6-3-7(5-20-2)9-10(17-8(18)4-14)11(12(15)19)21-13(9)16-6/h3H,4-5H2,1-2H3,(H2,15,19)(H,17,18). The molecule has 2 amide bonds. The first-order chi connectivity index (χ1) is 9.97. The number of carbonyl (C=O) groups is 2. The number of ether oxygens (including phenoxy) is 1. The third kappa shape index (κ3) is 3.15. The van der Waals surface area contributed by atoms with Crippen LogP contribution in [0.25, 0.3) is 10.2 Å². The maximum Gasteiger partial charge on any atom is 0.261 e. The number of nitrogens with zero attached hydrogens (tertiary/aromatic N) is 1. The molecule has 112 valence electrons. The van der Waals surface area contributed by atoms with Gasteiger partial charge in [-0.3, -0.25) is 9.59 Å². The normalized spacial score (nSPS) is 10.8. The lowest BCUT2D eigenvalue weighted by atomic mass is 10.1. The number of aryl methyl sites for hydroxylation is 1. The van der Waals surface area contributed by atoms with Crippen LogP contribution in [-0.4, -0.2) is 29.8 Å². The van der Waals surface area contributed by atoms with Crippen LogP contribution in [0.2, 0.25) is 0 Å². The van der Waals surface area contributed by atoms with Gasteiger partial charge in [0.05, 0.1) is 12.3 Å². The average molecular weight is 328 g/mol. The Hall–Kier alpha value is -1.70. The van der Waals surface area contributed by atoms with Crippen molar-refractivity contribution in [3.8, 4) is 0 Å². The number of halogens is 1. The summed E-state index contributed by atoms with van der Waals surface area (Å²) in [4.78, 5) is 28.5. The number of pyridine rings is 1. The Morgan fingerprint density at radius 3 is 2.81 bits per heavy atom. The van der Waals surface area contributed by atoms with Gasteiger partial charge in [0, 0.05) is 18.2 Å². The van der Waals surface area contributed by atoms with Gasteiger partial charge in [-0.05, 0) is 18.6 Å². The van der Waals surface area contributed by atoms with Gasteiger partial charge in [0.2, 0.25) is 5.91 Å². The number of nitrogens with one attached hydrogen (secondary N) is 1. The van der Waals surface area contributed by atoms with Crippen molar-refractivity contribution in [2.45, 2.75) is 13.5 Å². The topological polar surface area (TPSA) is 94.3 Å². The number of nitrogens with two attached hydrogens (primary N) is 1. The van der Waals surface area contributed by atoms with E-state index in [1.807, 2.05) is 13.0 Å². The molecule has 0 spiro atoms. The molecule has 0 fully saturated rings. The molecule has 2 aromatic heterocycles. The zero-order valence-corrected chi connectivity index (χ0v) is 13.1. The highest BCUT2D eigenvalue weighted by Crippen LogP contribution is 2.37. The summed E-state index contributed by atoms with van der Waals surface area (Å²) in [5.74, 6) is -1.25. The summed E-state index contributed by atoms with van der Waals surface area (Å²) in [6.45, 7) is 2.18. The molecule has 2 aromatic rings. The molecule has 2 heterocycles. The second-order valence-electron chi connectivity index (χ2n) is 4.39. The minimum absolute atomic E-state index is 0.214. The average Bonchev–Trinajstić information content (AvgIpc) is 2.77. The van der Waals surface area contributed by atoms with Crippen LogP contribution >= 0.6 is 22.9 Å². The molecule has 8 heteroatoms. The molecule has 0 unspecified atom stereocenters. The summed E-state index contributed by atoms with van der Waals surface area (Å²) in [6.07, 6.45) is 0. The van der Waals surface area contributed by atoms with Crippen molar-refractivity contribution in [3.63, 3.8) is 0 Å². The molecule has 0 aliphatic carbocycles. The molecule has 0 atom stereocenters. The van der Waals surface area contributed by atoms with Gasteiger partial charge in [-0.15, -0.1) is 22.9 Å². The van der Waals surface area contributed by atoms with Crippen LogP contribution in [0, 0.1) is 6.92 Å². The van der Waals surface area contributed by atoms with Crippen LogP contribution in [-0.2, 0) is 16.1 Å². The van der Waals surface area contributed by atoms with Gasteiger partial charge in [0.15, 0.2) is 0 Å². The van der Waals surface area contributed by atoms with Crippen molar-refractivity contribution in [2.75, 3.05) is 18.3 Å². The van der Waals surface area contributed by atoms with Crippen molar-refractivity contribution >= 4 is 50.7 Å². The lowest BCUT2D eigenvalue weighted by Crippen LogP contribution is -2.17. The quantitative estimate of drug-likeness (QED) is 0.821. The van der Waals surface area contributed by atoms with E-state index >= 15 is 0 Å². The number of carbonyl (C=O) groups excluding carboxylic acids is 2. The summed E-state index contributed by atoms with van der Waals surface area (Å²) < 4.78 is 5.17. The van der Waals surface area contributed by atoms with E-state index in [2.05, 4.69) is 10.3 Å². The fraction of sp³-hybridized carbons (Fsp3) is 0.308. The summed E-state index contributed by atoms with van der Waals surface area (Å²) in [5, 5.41) is 3.29. The van der Waals surface area contributed by atoms with E-state index in [0.717, 1.165) is 22.6 Å². The number of alkyl halides is 1. The molecule has 0 aliphatic rings. The molecular weight excluding hydrogens is 314 g/mol. The first kappa shape index (κ1) is 15.7. The monoisotopic (exact) mass is 327 g/mol. The highest BCUT2D eigenvalue weighted by Gasteiger charge is 2.21. The van der Waals surface area contributed by atoms with E-state index < -0.39 is 11.8 Å². The fourth-order valence-electron chi connectivity index (χ4n) is 2.05. The fourth-order valence-corrected chi connectivity index (χ4v) is 3.19. The largest absolute Gasteiger partial charge is 0.380 e. The van der Waals surface area contributed by atoms with Gasteiger partial charge in [0.25, 0.3) is 5.91 Å². The number of anilines is 1. The second kappa shape index (κ2) is 6.38. The molecule has 0 saturated heterocycles. The summed E-state index contributed by atoms with van der Waals surface area (Å²) in [7, 11) is 1.57. The second-order valence-corrected chi connectivity index (χ2v) is 5.65. The number of amides is 2. The first-order valence-electron chi connectivity index (χ1n) is 6.05. The smallest absolute Gasteiger partial charge is 0.261 e.